The predicted octanol–water partition coefficient (Wildman–Crippen LogP) is 2.70. The quantitative estimate of drug-likeness (QED) is 0.704. The van der Waals surface area contributed by atoms with Crippen molar-refractivity contribution in [1.82, 2.24) is 9.29 Å². The van der Waals surface area contributed by atoms with Crippen molar-refractivity contribution in [3.05, 3.63) is 52.6 Å². The normalized spacial score (nSPS) is 18.0. The van der Waals surface area contributed by atoms with Gasteiger partial charge in [0.1, 0.15) is 5.82 Å². The number of rotatable bonds is 5. The summed E-state index contributed by atoms with van der Waals surface area (Å²) in [6, 6.07) is 9.49. The first-order chi connectivity index (χ1) is 12.9. The minimum absolute atomic E-state index is 0.0318. The Bertz CT molecular complexity index is 947. The van der Waals surface area contributed by atoms with E-state index in [1.165, 1.54) is 16.4 Å². The lowest BCUT2D eigenvalue weighted by Crippen LogP contribution is -2.44. The van der Waals surface area contributed by atoms with Gasteiger partial charge in [-0.1, -0.05) is 18.2 Å². The highest BCUT2D eigenvalue weighted by molar-refractivity contribution is 9.10. The van der Waals surface area contributed by atoms with E-state index in [-0.39, 0.29) is 22.9 Å². The van der Waals surface area contributed by atoms with Gasteiger partial charge < -0.3 is 5.32 Å². The van der Waals surface area contributed by atoms with E-state index < -0.39 is 15.9 Å². The summed E-state index contributed by atoms with van der Waals surface area (Å²) < 4.78 is 28.0. The van der Waals surface area contributed by atoms with Crippen LogP contribution in [-0.2, 0) is 14.8 Å². The number of aldehydes is 1. The molecule has 2 aromatic rings. The molecule has 7 nitrogen and oxygen atoms in total. The van der Waals surface area contributed by atoms with E-state index in [1.807, 2.05) is 0 Å². The van der Waals surface area contributed by atoms with Gasteiger partial charge in [-0.3, -0.25) is 9.59 Å². The smallest absolute Gasteiger partial charge is 0.243 e. The summed E-state index contributed by atoms with van der Waals surface area (Å²) in [6.45, 7) is 0.383. The van der Waals surface area contributed by atoms with Crippen LogP contribution in [-0.4, -0.2) is 43.0 Å². The molecule has 1 fully saturated rings. The first kappa shape index (κ1) is 19.7. The van der Waals surface area contributed by atoms with Gasteiger partial charge in [0.15, 0.2) is 6.29 Å². The summed E-state index contributed by atoms with van der Waals surface area (Å²) in [6.07, 6.45) is 3.25. The van der Waals surface area contributed by atoms with Gasteiger partial charge in [0.25, 0.3) is 0 Å². The van der Waals surface area contributed by atoms with Crippen LogP contribution < -0.4 is 5.32 Å². The molecule has 1 unspecified atom stereocenters. The van der Waals surface area contributed by atoms with Crippen LogP contribution in [0.25, 0.3) is 0 Å². The van der Waals surface area contributed by atoms with Gasteiger partial charge in [0.05, 0.1) is 10.8 Å². The van der Waals surface area contributed by atoms with E-state index in [0.29, 0.717) is 31.5 Å². The Morgan fingerprint density at radius 1 is 1.26 bits per heavy atom. The Labute approximate surface area is 166 Å². The summed E-state index contributed by atoms with van der Waals surface area (Å²) >= 11 is 3.28. The fraction of sp³-hybridized carbons (Fsp3) is 0.278. The van der Waals surface area contributed by atoms with Crippen molar-refractivity contribution < 1.29 is 18.0 Å². The molecule has 1 N–H and O–H groups in total. The van der Waals surface area contributed by atoms with Gasteiger partial charge in [-0.05, 0) is 47.0 Å². The fourth-order valence-electron chi connectivity index (χ4n) is 3.00. The van der Waals surface area contributed by atoms with Crippen molar-refractivity contribution in [2.24, 2.45) is 5.92 Å². The fourth-order valence-corrected chi connectivity index (χ4v) is 4.93. The minimum atomic E-state index is -3.85. The molecular formula is C18H18BrN3O4S. The maximum atomic E-state index is 12.9. The summed E-state index contributed by atoms with van der Waals surface area (Å²) in [5.74, 6) is -0.342. The van der Waals surface area contributed by atoms with E-state index in [1.54, 1.807) is 30.5 Å². The number of anilines is 1. The third-order valence-electron chi connectivity index (χ3n) is 4.40. The van der Waals surface area contributed by atoms with Crippen molar-refractivity contribution in [2.45, 2.75) is 17.7 Å². The number of benzene rings is 1. The zero-order valence-electron chi connectivity index (χ0n) is 14.3. The van der Waals surface area contributed by atoms with Crippen LogP contribution in [0.1, 0.15) is 23.2 Å². The number of halogens is 1. The molecule has 1 aromatic heterocycles. The number of hydrogen-bond acceptors (Lipinski definition) is 5. The van der Waals surface area contributed by atoms with E-state index >= 15 is 0 Å². The molecule has 0 radical (unpaired) electrons. The van der Waals surface area contributed by atoms with Crippen molar-refractivity contribution in [2.75, 3.05) is 18.4 Å². The predicted molar refractivity (Wildman–Crippen MR) is 104 cm³/mol. The lowest BCUT2D eigenvalue weighted by molar-refractivity contribution is -0.120. The zero-order valence-corrected chi connectivity index (χ0v) is 16.7. The van der Waals surface area contributed by atoms with Crippen LogP contribution in [0.4, 0.5) is 5.82 Å². The molecule has 1 aliphatic rings. The Hall–Kier alpha value is -2.10. The largest absolute Gasteiger partial charge is 0.310 e. The highest BCUT2D eigenvalue weighted by atomic mass is 79.9. The second kappa shape index (κ2) is 8.28. The molecule has 1 aromatic carbocycles. The average molecular weight is 452 g/mol. The van der Waals surface area contributed by atoms with Gasteiger partial charge in [-0.25, -0.2) is 13.4 Å². The second-order valence-electron chi connectivity index (χ2n) is 6.21. The maximum absolute atomic E-state index is 12.9. The number of hydrogen-bond donors (Lipinski definition) is 1. The molecule has 0 bridgehead atoms. The number of aromatic nitrogens is 1. The minimum Gasteiger partial charge on any atom is -0.310 e. The van der Waals surface area contributed by atoms with E-state index in [4.69, 9.17) is 0 Å². The van der Waals surface area contributed by atoms with Crippen LogP contribution in [0.3, 0.4) is 0 Å². The molecule has 1 aliphatic heterocycles. The Balaban J connectivity index is 1.76. The molecule has 27 heavy (non-hydrogen) atoms. The Morgan fingerprint density at radius 2 is 2.04 bits per heavy atom. The van der Waals surface area contributed by atoms with Gasteiger partial charge in [0, 0.05) is 29.3 Å². The number of sulfonamides is 1. The molecule has 1 atom stereocenters. The van der Waals surface area contributed by atoms with Gasteiger partial charge >= 0.3 is 0 Å². The number of pyridine rings is 1. The van der Waals surface area contributed by atoms with Crippen LogP contribution >= 0.6 is 15.9 Å². The maximum Gasteiger partial charge on any atom is 0.243 e. The van der Waals surface area contributed by atoms with Gasteiger partial charge in [-0.2, -0.15) is 4.31 Å². The second-order valence-corrected chi connectivity index (χ2v) is 9.03. The molecule has 3 rings (SSSR count). The first-order valence-corrected chi connectivity index (χ1v) is 10.6. The van der Waals surface area contributed by atoms with Gasteiger partial charge in [0.2, 0.25) is 15.9 Å². The number of nitrogens with one attached hydrogen (secondary N) is 1. The standard InChI is InChI=1S/C18H18BrN3O4S/c19-15-7-8-17(20-10-15)21-18(24)13-5-3-9-22(11-13)27(25,26)16-6-2-1-4-14(16)12-23/h1-2,4,6-8,10,12-13H,3,5,9,11H2,(H,20,21,24). The number of piperidine rings is 1. The third kappa shape index (κ3) is 4.42. The van der Waals surface area contributed by atoms with Crippen LogP contribution in [0.5, 0.6) is 0 Å². The molecular weight excluding hydrogens is 434 g/mol. The van der Waals surface area contributed by atoms with Crippen molar-refractivity contribution >= 4 is 44.0 Å². The molecule has 0 aliphatic carbocycles. The lowest BCUT2D eigenvalue weighted by Gasteiger charge is -2.31. The average Bonchev–Trinajstić information content (AvgIpc) is 2.69. The molecule has 0 saturated carbocycles. The number of carbonyl (C=O) groups excluding carboxylic acids is 2. The molecule has 2 heterocycles. The Morgan fingerprint density at radius 3 is 2.74 bits per heavy atom. The SMILES string of the molecule is O=Cc1ccccc1S(=O)(=O)N1CCCC(C(=O)Nc2ccc(Br)cn2)C1. The first-order valence-electron chi connectivity index (χ1n) is 8.38. The number of amides is 1. The third-order valence-corrected chi connectivity index (χ3v) is 6.81. The van der Waals surface area contributed by atoms with Gasteiger partial charge in [-0.15, -0.1) is 0 Å². The topological polar surface area (TPSA) is 96.4 Å². The molecule has 142 valence electrons. The summed E-state index contributed by atoms with van der Waals surface area (Å²) in [7, 11) is -3.85. The van der Waals surface area contributed by atoms with Crippen LogP contribution in [0.2, 0.25) is 0 Å². The number of nitrogens with zero attached hydrogens (tertiary/aromatic N) is 2. The van der Waals surface area contributed by atoms with Crippen molar-refractivity contribution in [3.63, 3.8) is 0 Å². The highest BCUT2D eigenvalue weighted by Gasteiger charge is 2.34. The lowest BCUT2D eigenvalue weighted by atomic mass is 9.99. The molecule has 0 spiro atoms. The molecule has 1 amide bonds. The Kier molecular flexibility index (Phi) is 6.03. The van der Waals surface area contributed by atoms with Crippen molar-refractivity contribution in [1.29, 1.82) is 0 Å². The number of carbonyl (C=O) groups is 2. The molecule has 1 saturated heterocycles. The summed E-state index contributed by atoms with van der Waals surface area (Å²) in [4.78, 5) is 27.8. The van der Waals surface area contributed by atoms with Crippen LogP contribution in [0, 0.1) is 5.92 Å². The monoisotopic (exact) mass is 451 g/mol. The summed E-state index contributed by atoms with van der Waals surface area (Å²) in [5.41, 5.74) is 0.114. The van der Waals surface area contributed by atoms with E-state index in [0.717, 1.165) is 4.47 Å². The van der Waals surface area contributed by atoms with E-state index in [9.17, 15) is 18.0 Å². The highest BCUT2D eigenvalue weighted by Crippen LogP contribution is 2.26. The zero-order chi connectivity index (χ0) is 19.4. The van der Waals surface area contributed by atoms with Crippen molar-refractivity contribution in [3.8, 4) is 0 Å². The van der Waals surface area contributed by atoms with E-state index in [2.05, 4.69) is 26.2 Å². The summed E-state index contributed by atoms with van der Waals surface area (Å²) in [5, 5.41) is 2.72. The molecule has 9 heteroatoms. The van der Waals surface area contributed by atoms with Crippen LogP contribution in [0.15, 0.2) is 52.0 Å².